The van der Waals surface area contributed by atoms with Crippen molar-refractivity contribution in [1.29, 1.82) is 0 Å². The molecule has 9 heteroatoms. The zero-order valence-corrected chi connectivity index (χ0v) is 23.9. The van der Waals surface area contributed by atoms with E-state index in [0.717, 1.165) is 11.1 Å². The van der Waals surface area contributed by atoms with Crippen LogP contribution in [0.25, 0.3) is 0 Å². The van der Waals surface area contributed by atoms with Crippen molar-refractivity contribution in [2.75, 3.05) is 46.0 Å². The Bertz CT molecular complexity index is 1240. The molecule has 0 aromatic heterocycles. The molecule has 0 spiro atoms. The molecule has 1 heterocycles. The van der Waals surface area contributed by atoms with Gasteiger partial charge in [-0.15, -0.1) is 0 Å². The Labute approximate surface area is 244 Å². The molecule has 3 aromatic rings. The third kappa shape index (κ3) is 8.03. The van der Waals surface area contributed by atoms with Gasteiger partial charge in [0.05, 0.1) is 26.2 Å². The number of nitrogens with zero attached hydrogens (tertiary/aromatic N) is 2. The predicted molar refractivity (Wildman–Crippen MR) is 154 cm³/mol. The summed E-state index contributed by atoms with van der Waals surface area (Å²) in [5.41, 5.74) is 1.73. The molecule has 41 heavy (non-hydrogen) atoms. The van der Waals surface area contributed by atoms with E-state index >= 15 is 0 Å². The van der Waals surface area contributed by atoms with Crippen LogP contribution in [0.5, 0.6) is 5.75 Å². The standard InChI is InChI=1S/C32H36ClF3N2O3/c1-25(27-11-4-2-5-12-27)24-38(31(33,32(34,35)36)28-13-6-3-7-14-28)16-9-19-41-29-15-8-10-26(22-29)23-30(39)37-17-20-40-21-18-37/h2-8,10-15,22,25H,9,16-21,23-24H2,1H3/t25?,31-/m1/s1. The minimum Gasteiger partial charge on any atom is -0.494 e. The fourth-order valence-electron chi connectivity index (χ4n) is 5.06. The molecule has 2 atom stereocenters. The largest absolute Gasteiger partial charge is 0.494 e. The van der Waals surface area contributed by atoms with E-state index in [1.807, 2.05) is 49.4 Å². The molecule has 0 radical (unpaired) electrons. The van der Waals surface area contributed by atoms with Crippen LogP contribution in [0.15, 0.2) is 84.9 Å². The number of ether oxygens (including phenoxy) is 2. The smallest absolute Gasteiger partial charge is 0.425 e. The molecule has 5 nitrogen and oxygen atoms in total. The molecule has 0 aliphatic carbocycles. The number of amides is 1. The summed E-state index contributed by atoms with van der Waals surface area (Å²) in [6.45, 7) is 4.49. The maximum Gasteiger partial charge on any atom is 0.425 e. The van der Waals surface area contributed by atoms with E-state index in [-0.39, 0.29) is 43.5 Å². The van der Waals surface area contributed by atoms with Crippen LogP contribution in [0.3, 0.4) is 0 Å². The molecule has 1 aliphatic heterocycles. The number of hydrogen-bond donors (Lipinski definition) is 0. The average Bonchev–Trinajstić information content (AvgIpc) is 2.99. The van der Waals surface area contributed by atoms with E-state index in [1.165, 1.54) is 17.0 Å². The van der Waals surface area contributed by atoms with Crippen molar-refractivity contribution >= 4 is 17.5 Å². The number of morpholine rings is 1. The molecule has 1 saturated heterocycles. The van der Waals surface area contributed by atoms with Crippen molar-refractivity contribution in [2.45, 2.75) is 36.9 Å². The second-order valence-corrected chi connectivity index (χ2v) is 10.8. The van der Waals surface area contributed by atoms with Crippen LogP contribution in [-0.4, -0.2) is 67.9 Å². The average molecular weight is 589 g/mol. The molecule has 1 amide bonds. The Hall–Kier alpha value is -3.07. The highest BCUT2D eigenvalue weighted by Crippen LogP contribution is 2.48. The number of halogens is 4. The summed E-state index contributed by atoms with van der Waals surface area (Å²) in [4.78, 5) is 13.0. The number of benzene rings is 3. The Morgan fingerprint density at radius 2 is 1.66 bits per heavy atom. The van der Waals surface area contributed by atoms with Gasteiger partial charge >= 0.3 is 6.18 Å². The lowest BCUT2D eigenvalue weighted by Gasteiger charge is -2.42. The van der Waals surface area contributed by atoms with Gasteiger partial charge in [0.15, 0.2) is 0 Å². The van der Waals surface area contributed by atoms with Gasteiger partial charge in [-0.25, -0.2) is 0 Å². The van der Waals surface area contributed by atoms with Crippen molar-refractivity contribution < 1.29 is 27.4 Å². The molecule has 1 unspecified atom stereocenters. The molecule has 3 aromatic carbocycles. The van der Waals surface area contributed by atoms with Crippen LogP contribution in [0.2, 0.25) is 0 Å². The van der Waals surface area contributed by atoms with Crippen LogP contribution in [0.4, 0.5) is 13.2 Å². The Kier molecular flexibility index (Phi) is 10.7. The third-order valence-electron chi connectivity index (χ3n) is 7.29. The monoisotopic (exact) mass is 588 g/mol. The molecule has 220 valence electrons. The zero-order valence-electron chi connectivity index (χ0n) is 23.2. The first-order chi connectivity index (χ1) is 19.7. The summed E-state index contributed by atoms with van der Waals surface area (Å²) in [5, 5.41) is 0. The predicted octanol–water partition coefficient (Wildman–Crippen LogP) is 6.62. The molecule has 1 fully saturated rings. The van der Waals surface area contributed by atoms with Gasteiger partial charge in [-0.3, -0.25) is 9.69 Å². The van der Waals surface area contributed by atoms with Gasteiger partial charge in [-0.1, -0.05) is 91.3 Å². The summed E-state index contributed by atoms with van der Waals surface area (Å²) >= 11 is 6.58. The summed E-state index contributed by atoms with van der Waals surface area (Å²) in [6.07, 6.45) is -4.16. The van der Waals surface area contributed by atoms with Crippen LogP contribution in [0.1, 0.15) is 36.0 Å². The molecular formula is C32H36ClF3N2O3. The highest BCUT2D eigenvalue weighted by Gasteiger charge is 2.58. The van der Waals surface area contributed by atoms with Crippen LogP contribution in [-0.2, 0) is 21.0 Å². The SMILES string of the molecule is CC(CN(CCCOc1cccc(CC(=O)N2CCOCC2)c1)[C@](Cl)(c1ccccc1)C(F)(F)F)c1ccccc1. The van der Waals surface area contributed by atoms with Gasteiger partial charge < -0.3 is 14.4 Å². The minimum atomic E-state index is -4.73. The van der Waals surface area contributed by atoms with Crippen molar-refractivity contribution in [3.63, 3.8) is 0 Å². The van der Waals surface area contributed by atoms with E-state index in [1.54, 1.807) is 35.2 Å². The van der Waals surface area contributed by atoms with E-state index < -0.39 is 11.2 Å². The maximum atomic E-state index is 14.7. The van der Waals surface area contributed by atoms with Gasteiger partial charge in [0.25, 0.3) is 0 Å². The fraction of sp³-hybridized carbons (Fsp3) is 0.406. The fourth-order valence-corrected chi connectivity index (χ4v) is 5.34. The summed E-state index contributed by atoms with van der Waals surface area (Å²) in [5.74, 6) is 0.402. The molecule has 1 aliphatic rings. The van der Waals surface area contributed by atoms with E-state index in [2.05, 4.69) is 0 Å². The lowest BCUT2D eigenvalue weighted by molar-refractivity contribution is -0.206. The number of carbonyl (C=O) groups is 1. The Morgan fingerprint density at radius 1 is 1.00 bits per heavy atom. The van der Waals surface area contributed by atoms with Gasteiger partial charge in [-0.2, -0.15) is 13.2 Å². The normalized spacial score (nSPS) is 16.3. The van der Waals surface area contributed by atoms with Crippen molar-refractivity contribution in [1.82, 2.24) is 9.80 Å². The van der Waals surface area contributed by atoms with Gasteiger partial charge in [-0.05, 0) is 41.2 Å². The highest BCUT2D eigenvalue weighted by atomic mass is 35.5. The van der Waals surface area contributed by atoms with E-state index in [0.29, 0.717) is 38.5 Å². The Morgan fingerprint density at radius 3 is 2.32 bits per heavy atom. The minimum absolute atomic E-state index is 0.0204. The quantitative estimate of drug-likeness (QED) is 0.136. The zero-order chi connectivity index (χ0) is 29.3. The number of carbonyl (C=O) groups excluding carboxylic acids is 1. The number of hydrogen-bond acceptors (Lipinski definition) is 4. The van der Waals surface area contributed by atoms with Crippen molar-refractivity contribution in [2.24, 2.45) is 0 Å². The first kappa shape index (κ1) is 30.9. The topological polar surface area (TPSA) is 42.0 Å². The molecule has 0 saturated carbocycles. The van der Waals surface area contributed by atoms with Crippen molar-refractivity contribution in [3.05, 3.63) is 102 Å². The summed E-state index contributed by atoms with van der Waals surface area (Å²) < 4.78 is 55.4. The lowest BCUT2D eigenvalue weighted by atomic mass is 9.97. The van der Waals surface area contributed by atoms with E-state index in [4.69, 9.17) is 21.1 Å². The van der Waals surface area contributed by atoms with Gasteiger partial charge in [0.2, 0.25) is 10.9 Å². The van der Waals surface area contributed by atoms with Gasteiger partial charge in [0.1, 0.15) is 5.75 Å². The molecule has 4 rings (SSSR count). The summed E-state index contributed by atoms with van der Waals surface area (Å²) in [7, 11) is 0. The second kappa shape index (κ2) is 14.2. The molecule has 0 bridgehead atoms. The first-order valence-corrected chi connectivity index (χ1v) is 14.2. The highest BCUT2D eigenvalue weighted by molar-refractivity contribution is 6.24. The molecule has 0 N–H and O–H groups in total. The molecular weight excluding hydrogens is 553 g/mol. The first-order valence-electron chi connectivity index (χ1n) is 13.9. The lowest BCUT2D eigenvalue weighted by Crippen LogP contribution is -2.53. The summed E-state index contributed by atoms with van der Waals surface area (Å²) in [6, 6.07) is 24.4. The maximum absolute atomic E-state index is 14.7. The number of rotatable bonds is 12. The third-order valence-corrected chi connectivity index (χ3v) is 7.96. The number of alkyl halides is 4. The second-order valence-electron chi connectivity index (χ2n) is 10.3. The van der Waals surface area contributed by atoms with Crippen LogP contribution >= 0.6 is 11.6 Å². The Balaban J connectivity index is 1.44. The van der Waals surface area contributed by atoms with Crippen LogP contribution < -0.4 is 4.74 Å². The van der Waals surface area contributed by atoms with Crippen molar-refractivity contribution in [3.8, 4) is 5.75 Å². The van der Waals surface area contributed by atoms with E-state index in [9.17, 15) is 18.0 Å². The van der Waals surface area contributed by atoms with Crippen LogP contribution in [0, 0.1) is 0 Å². The van der Waals surface area contributed by atoms with Gasteiger partial charge in [0, 0.05) is 26.2 Å².